The Kier molecular flexibility index (Phi) is 3.44. The molecule has 4 heteroatoms. The third-order valence-electron chi connectivity index (χ3n) is 3.37. The van der Waals surface area contributed by atoms with E-state index >= 15 is 0 Å². The van der Waals surface area contributed by atoms with Crippen molar-refractivity contribution in [2.45, 2.75) is 19.9 Å². The van der Waals surface area contributed by atoms with E-state index in [1.165, 1.54) is 0 Å². The van der Waals surface area contributed by atoms with Crippen LogP contribution in [0.5, 0.6) is 0 Å². The van der Waals surface area contributed by atoms with Crippen molar-refractivity contribution in [1.29, 1.82) is 0 Å². The van der Waals surface area contributed by atoms with Crippen LogP contribution < -0.4 is 5.32 Å². The van der Waals surface area contributed by atoms with Crippen molar-refractivity contribution in [3.05, 3.63) is 65.7 Å². The molecule has 0 bridgehead atoms. The number of benzene rings is 1. The minimum atomic E-state index is -0.206. The van der Waals surface area contributed by atoms with Crippen LogP contribution in [0.3, 0.4) is 0 Å². The summed E-state index contributed by atoms with van der Waals surface area (Å²) in [5.74, 6) is 1.36. The summed E-state index contributed by atoms with van der Waals surface area (Å²) in [6.07, 6.45) is 0. The topological polar surface area (TPSA) is 55.1 Å². The molecule has 0 spiro atoms. The molecule has 106 valence electrons. The quantitative estimate of drug-likeness (QED) is 0.797. The summed E-state index contributed by atoms with van der Waals surface area (Å²) in [5.41, 5.74) is 1.22. The van der Waals surface area contributed by atoms with Gasteiger partial charge in [-0.05, 0) is 38.1 Å². The van der Waals surface area contributed by atoms with Gasteiger partial charge in [-0.1, -0.05) is 24.3 Å². The Bertz CT molecular complexity index is 792. The highest BCUT2D eigenvalue weighted by atomic mass is 16.3. The van der Waals surface area contributed by atoms with Gasteiger partial charge in [-0.3, -0.25) is 4.79 Å². The number of rotatable bonds is 3. The number of amides is 1. The maximum atomic E-state index is 12.3. The van der Waals surface area contributed by atoms with Gasteiger partial charge in [0, 0.05) is 5.39 Å². The van der Waals surface area contributed by atoms with E-state index in [0.717, 1.165) is 22.4 Å². The van der Waals surface area contributed by atoms with E-state index in [2.05, 4.69) is 10.3 Å². The van der Waals surface area contributed by atoms with Crippen molar-refractivity contribution in [3.63, 3.8) is 0 Å². The second kappa shape index (κ2) is 5.40. The standard InChI is InChI=1S/C17H16N2O2/c1-11-7-10-16(21-11)12(2)18-17(20)15-9-8-13-5-3-4-6-14(13)19-15/h3-10,12H,1-2H3,(H,18,20). The zero-order valence-electron chi connectivity index (χ0n) is 12.0. The summed E-state index contributed by atoms with van der Waals surface area (Å²) in [4.78, 5) is 16.6. The van der Waals surface area contributed by atoms with E-state index in [9.17, 15) is 4.79 Å². The molecule has 0 aliphatic rings. The van der Waals surface area contributed by atoms with Crippen LogP contribution in [0.4, 0.5) is 0 Å². The van der Waals surface area contributed by atoms with E-state index in [1.807, 2.05) is 56.3 Å². The molecule has 1 aromatic carbocycles. The molecule has 0 aliphatic heterocycles. The van der Waals surface area contributed by atoms with E-state index in [1.54, 1.807) is 6.07 Å². The van der Waals surface area contributed by atoms with Crippen molar-refractivity contribution in [2.24, 2.45) is 0 Å². The predicted octanol–water partition coefficient (Wildman–Crippen LogP) is 3.63. The van der Waals surface area contributed by atoms with E-state index in [-0.39, 0.29) is 11.9 Å². The third-order valence-corrected chi connectivity index (χ3v) is 3.37. The number of hydrogen-bond donors (Lipinski definition) is 1. The summed E-state index contributed by atoms with van der Waals surface area (Å²) in [6.45, 7) is 3.76. The van der Waals surface area contributed by atoms with Gasteiger partial charge in [0.05, 0.1) is 11.6 Å². The number of furan rings is 1. The number of nitrogens with zero attached hydrogens (tertiary/aromatic N) is 1. The predicted molar refractivity (Wildman–Crippen MR) is 81.1 cm³/mol. The molecule has 2 aromatic heterocycles. The Morgan fingerprint density at radius 3 is 2.71 bits per heavy atom. The zero-order valence-corrected chi connectivity index (χ0v) is 12.0. The molecule has 1 unspecified atom stereocenters. The zero-order chi connectivity index (χ0) is 14.8. The average molecular weight is 280 g/mol. The number of carbonyl (C=O) groups excluding carboxylic acids is 1. The van der Waals surface area contributed by atoms with Crippen molar-refractivity contribution in [2.75, 3.05) is 0 Å². The molecule has 0 aliphatic carbocycles. The lowest BCUT2D eigenvalue weighted by Gasteiger charge is -2.11. The molecule has 1 atom stereocenters. The number of para-hydroxylation sites is 1. The molecule has 21 heavy (non-hydrogen) atoms. The molecule has 0 radical (unpaired) electrons. The fraction of sp³-hybridized carbons (Fsp3) is 0.176. The summed E-state index contributed by atoms with van der Waals surface area (Å²) in [5, 5.41) is 3.91. The van der Waals surface area contributed by atoms with E-state index in [0.29, 0.717) is 5.69 Å². The van der Waals surface area contributed by atoms with Gasteiger partial charge >= 0.3 is 0 Å². The smallest absolute Gasteiger partial charge is 0.270 e. The molecule has 1 N–H and O–H groups in total. The Hall–Kier alpha value is -2.62. The van der Waals surface area contributed by atoms with Crippen molar-refractivity contribution < 1.29 is 9.21 Å². The Morgan fingerprint density at radius 1 is 1.14 bits per heavy atom. The minimum Gasteiger partial charge on any atom is -0.464 e. The number of fused-ring (bicyclic) bond motifs is 1. The van der Waals surface area contributed by atoms with Crippen LogP contribution in [0, 0.1) is 6.92 Å². The number of pyridine rings is 1. The van der Waals surface area contributed by atoms with Crippen LogP contribution in [0.15, 0.2) is 52.9 Å². The van der Waals surface area contributed by atoms with Gasteiger partial charge in [-0.2, -0.15) is 0 Å². The van der Waals surface area contributed by atoms with Crippen molar-refractivity contribution in [3.8, 4) is 0 Å². The average Bonchev–Trinajstić information content (AvgIpc) is 2.93. The van der Waals surface area contributed by atoms with Gasteiger partial charge in [-0.15, -0.1) is 0 Å². The second-order valence-electron chi connectivity index (χ2n) is 5.03. The highest BCUT2D eigenvalue weighted by Crippen LogP contribution is 2.17. The Morgan fingerprint density at radius 2 is 1.95 bits per heavy atom. The number of nitrogens with one attached hydrogen (secondary N) is 1. The van der Waals surface area contributed by atoms with Gasteiger partial charge in [0.25, 0.3) is 5.91 Å². The summed E-state index contributed by atoms with van der Waals surface area (Å²) in [7, 11) is 0. The maximum absolute atomic E-state index is 12.3. The SMILES string of the molecule is Cc1ccc(C(C)NC(=O)c2ccc3ccccc3n2)o1. The first-order valence-corrected chi connectivity index (χ1v) is 6.86. The number of carbonyl (C=O) groups is 1. The molecule has 4 nitrogen and oxygen atoms in total. The van der Waals surface area contributed by atoms with E-state index < -0.39 is 0 Å². The normalized spacial score (nSPS) is 12.3. The number of aryl methyl sites for hydroxylation is 1. The van der Waals surface area contributed by atoms with Gasteiger partial charge in [0.2, 0.25) is 0 Å². The van der Waals surface area contributed by atoms with Crippen LogP contribution in [0.25, 0.3) is 10.9 Å². The molecule has 0 saturated carbocycles. The molecule has 1 amide bonds. The lowest BCUT2D eigenvalue weighted by atomic mass is 10.2. The first-order chi connectivity index (χ1) is 10.1. The van der Waals surface area contributed by atoms with Crippen LogP contribution in [0.1, 0.15) is 35.0 Å². The minimum absolute atomic E-state index is 0.195. The highest BCUT2D eigenvalue weighted by molar-refractivity contribution is 5.95. The second-order valence-corrected chi connectivity index (χ2v) is 5.03. The van der Waals surface area contributed by atoms with Gasteiger partial charge in [0.15, 0.2) is 0 Å². The number of hydrogen-bond acceptors (Lipinski definition) is 3. The Labute approximate surface area is 122 Å². The molecule has 0 fully saturated rings. The molecular weight excluding hydrogens is 264 g/mol. The van der Waals surface area contributed by atoms with Crippen molar-refractivity contribution in [1.82, 2.24) is 10.3 Å². The van der Waals surface area contributed by atoms with Gasteiger partial charge < -0.3 is 9.73 Å². The fourth-order valence-corrected chi connectivity index (χ4v) is 2.22. The molecular formula is C17H16N2O2. The van der Waals surface area contributed by atoms with Crippen LogP contribution in [0.2, 0.25) is 0 Å². The van der Waals surface area contributed by atoms with Crippen LogP contribution in [-0.4, -0.2) is 10.9 Å². The largest absolute Gasteiger partial charge is 0.464 e. The number of aromatic nitrogens is 1. The first-order valence-electron chi connectivity index (χ1n) is 6.86. The molecule has 0 saturated heterocycles. The summed E-state index contributed by atoms with van der Waals surface area (Å²) >= 11 is 0. The third kappa shape index (κ3) is 2.79. The van der Waals surface area contributed by atoms with Gasteiger partial charge in [0.1, 0.15) is 17.2 Å². The van der Waals surface area contributed by atoms with Crippen molar-refractivity contribution >= 4 is 16.8 Å². The molecule has 3 rings (SSSR count). The van der Waals surface area contributed by atoms with Crippen LogP contribution in [-0.2, 0) is 0 Å². The molecule has 2 heterocycles. The summed E-state index contributed by atoms with van der Waals surface area (Å²) in [6, 6.07) is 14.9. The van der Waals surface area contributed by atoms with Crippen LogP contribution >= 0.6 is 0 Å². The lowest BCUT2D eigenvalue weighted by molar-refractivity contribution is 0.0930. The highest BCUT2D eigenvalue weighted by Gasteiger charge is 2.15. The van der Waals surface area contributed by atoms with E-state index in [4.69, 9.17) is 4.42 Å². The molecule has 3 aromatic rings. The summed E-state index contributed by atoms with van der Waals surface area (Å²) < 4.78 is 5.52. The van der Waals surface area contributed by atoms with Gasteiger partial charge in [-0.25, -0.2) is 4.98 Å². The maximum Gasteiger partial charge on any atom is 0.270 e. The Balaban J connectivity index is 1.80. The monoisotopic (exact) mass is 280 g/mol. The fourth-order valence-electron chi connectivity index (χ4n) is 2.22. The lowest BCUT2D eigenvalue weighted by Crippen LogP contribution is -2.27. The first kappa shape index (κ1) is 13.4.